The van der Waals surface area contributed by atoms with Crippen molar-refractivity contribution in [2.24, 2.45) is 5.73 Å². The number of likely N-dealkylation sites (N-methyl/N-ethyl adjacent to an activating group) is 1. The Kier molecular flexibility index (Phi) is 6.22. The van der Waals surface area contributed by atoms with Gasteiger partial charge in [0.2, 0.25) is 5.91 Å². The minimum Gasteiger partial charge on any atom is -0.354 e. The molecule has 6 heteroatoms. The summed E-state index contributed by atoms with van der Waals surface area (Å²) >= 11 is 0. The van der Waals surface area contributed by atoms with Gasteiger partial charge in [-0.3, -0.25) is 14.6 Å². The van der Waals surface area contributed by atoms with E-state index >= 15 is 0 Å². The van der Waals surface area contributed by atoms with E-state index in [1.807, 2.05) is 0 Å². The molecule has 0 unspecified atom stereocenters. The Morgan fingerprint density at radius 3 is 2.40 bits per heavy atom. The third-order valence-corrected chi connectivity index (χ3v) is 4.35. The van der Waals surface area contributed by atoms with Gasteiger partial charge in [0.15, 0.2) is 0 Å². The van der Waals surface area contributed by atoms with Gasteiger partial charge in [-0.2, -0.15) is 0 Å². The summed E-state index contributed by atoms with van der Waals surface area (Å²) in [6.07, 6.45) is 2.02. The van der Waals surface area contributed by atoms with Crippen LogP contribution in [0.2, 0.25) is 0 Å². The number of nitrogens with one attached hydrogen (secondary N) is 1. The molecular formula is C14H29N5O. The van der Waals surface area contributed by atoms with Crippen LogP contribution in [0.15, 0.2) is 0 Å². The molecule has 0 aromatic carbocycles. The molecule has 0 saturated carbocycles. The summed E-state index contributed by atoms with van der Waals surface area (Å²) < 4.78 is 0. The second kappa shape index (κ2) is 7.93. The standard InChI is InChI=1S/C14H29N5O/c1-17-8-10-18(11-9-17)7-4-16-14(20)12-19-5-2-13(15)3-6-19/h13H,2-12,15H2,1H3,(H,16,20). The van der Waals surface area contributed by atoms with Gasteiger partial charge >= 0.3 is 0 Å². The van der Waals surface area contributed by atoms with Gasteiger partial charge in [0.1, 0.15) is 0 Å². The highest BCUT2D eigenvalue weighted by Gasteiger charge is 2.18. The lowest BCUT2D eigenvalue weighted by Gasteiger charge is -2.32. The summed E-state index contributed by atoms with van der Waals surface area (Å²) in [4.78, 5) is 18.8. The fourth-order valence-corrected chi connectivity index (χ4v) is 2.79. The van der Waals surface area contributed by atoms with Gasteiger partial charge in [-0.05, 0) is 19.9 Å². The van der Waals surface area contributed by atoms with Crippen LogP contribution in [0.1, 0.15) is 12.8 Å². The van der Waals surface area contributed by atoms with E-state index in [9.17, 15) is 4.79 Å². The molecule has 2 heterocycles. The highest BCUT2D eigenvalue weighted by Crippen LogP contribution is 2.07. The van der Waals surface area contributed by atoms with Crippen molar-refractivity contribution in [1.29, 1.82) is 0 Å². The maximum Gasteiger partial charge on any atom is 0.234 e. The highest BCUT2D eigenvalue weighted by atomic mass is 16.2. The van der Waals surface area contributed by atoms with Crippen LogP contribution in [-0.4, -0.2) is 92.6 Å². The Hall–Kier alpha value is -0.690. The first-order valence-corrected chi connectivity index (χ1v) is 7.79. The van der Waals surface area contributed by atoms with E-state index < -0.39 is 0 Å². The molecule has 3 N–H and O–H groups in total. The molecule has 0 bridgehead atoms. The zero-order valence-corrected chi connectivity index (χ0v) is 12.7. The van der Waals surface area contributed by atoms with Crippen LogP contribution < -0.4 is 11.1 Å². The molecule has 20 heavy (non-hydrogen) atoms. The summed E-state index contributed by atoms with van der Waals surface area (Å²) in [5, 5.41) is 3.03. The van der Waals surface area contributed by atoms with Crippen molar-refractivity contribution in [2.75, 3.05) is 66.0 Å². The molecule has 0 aromatic heterocycles. The van der Waals surface area contributed by atoms with Crippen LogP contribution in [0.4, 0.5) is 0 Å². The number of hydrogen-bond acceptors (Lipinski definition) is 5. The number of carbonyl (C=O) groups is 1. The topological polar surface area (TPSA) is 64.8 Å². The summed E-state index contributed by atoms with van der Waals surface area (Å²) in [6, 6.07) is 0.326. The van der Waals surface area contributed by atoms with Gasteiger partial charge in [0, 0.05) is 58.4 Å². The molecule has 0 atom stereocenters. The molecule has 2 rings (SSSR count). The zero-order chi connectivity index (χ0) is 14.4. The first-order chi connectivity index (χ1) is 9.63. The van der Waals surface area contributed by atoms with Crippen LogP contribution in [0, 0.1) is 0 Å². The molecule has 2 fully saturated rings. The van der Waals surface area contributed by atoms with E-state index in [-0.39, 0.29) is 5.91 Å². The van der Waals surface area contributed by atoms with E-state index in [0.29, 0.717) is 12.6 Å². The minimum absolute atomic E-state index is 0.148. The third kappa shape index (κ3) is 5.36. The predicted octanol–water partition coefficient (Wildman–Crippen LogP) is -1.23. The lowest BCUT2D eigenvalue weighted by Crippen LogP contribution is -2.48. The lowest BCUT2D eigenvalue weighted by atomic mass is 10.1. The van der Waals surface area contributed by atoms with E-state index in [4.69, 9.17) is 5.73 Å². The second-order valence-electron chi connectivity index (χ2n) is 6.11. The maximum atomic E-state index is 11.9. The van der Waals surface area contributed by atoms with Crippen LogP contribution in [-0.2, 0) is 4.79 Å². The largest absolute Gasteiger partial charge is 0.354 e. The number of piperidine rings is 1. The van der Waals surface area contributed by atoms with Gasteiger partial charge in [0.05, 0.1) is 6.54 Å². The van der Waals surface area contributed by atoms with Gasteiger partial charge in [0.25, 0.3) is 0 Å². The summed E-state index contributed by atoms with van der Waals surface area (Å²) in [6.45, 7) is 8.62. The molecule has 2 saturated heterocycles. The fraction of sp³-hybridized carbons (Fsp3) is 0.929. The molecule has 0 aromatic rings. The van der Waals surface area contributed by atoms with Crippen LogP contribution in [0.5, 0.6) is 0 Å². The summed E-state index contributed by atoms with van der Waals surface area (Å²) in [7, 11) is 2.16. The SMILES string of the molecule is CN1CCN(CCNC(=O)CN2CCC(N)CC2)CC1. The van der Waals surface area contributed by atoms with Crippen molar-refractivity contribution in [3.05, 3.63) is 0 Å². The van der Waals surface area contributed by atoms with Gasteiger partial charge in [-0.25, -0.2) is 0 Å². The van der Waals surface area contributed by atoms with Crippen LogP contribution >= 0.6 is 0 Å². The molecular weight excluding hydrogens is 254 g/mol. The number of rotatable bonds is 5. The van der Waals surface area contributed by atoms with Crippen molar-refractivity contribution in [2.45, 2.75) is 18.9 Å². The minimum atomic E-state index is 0.148. The number of nitrogens with zero attached hydrogens (tertiary/aromatic N) is 3. The third-order valence-electron chi connectivity index (χ3n) is 4.35. The number of carbonyl (C=O) groups excluding carboxylic acids is 1. The number of amides is 1. The Morgan fingerprint density at radius 1 is 1.10 bits per heavy atom. The lowest BCUT2D eigenvalue weighted by molar-refractivity contribution is -0.122. The summed E-state index contributed by atoms with van der Waals surface area (Å²) in [5.41, 5.74) is 5.86. The fourth-order valence-electron chi connectivity index (χ4n) is 2.79. The van der Waals surface area contributed by atoms with E-state index in [2.05, 4.69) is 27.1 Å². The van der Waals surface area contributed by atoms with Crippen molar-refractivity contribution in [3.8, 4) is 0 Å². The molecule has 2 aliphatic heterocycles. The Morgan fingerprint density at radius 2 is 1.75 bits per heavy atom. The molecule has 1 amide bonds. The van der Waals surface area contributed by atoms with Crippen molar-refractivity contribution in [1.82, 2.24) is 20.0 Å². The second-order valence-corrected chi connectivity index (χ2v) is 6.11. The normalized spacial score (nSPS) is 23.9. The Balaban J connectivity index is 1.54. The average molecular weight is 283 g/mol. The molecule has 116 valence electrons. The number of likely N-dealkylation sites (tertiary alicyclic amines) is 1. The number of piperazine rings is 1. The molecule has 0 spiro atoms. The molecule has 0 radical (unpaired) electrons. The van der Waals surface area contributed by atoms with Crippen molar-refractivity contribution >= 4 is 5.91 Å². The van der Waals surface area contributed by atoms with Crippen LogP contribution in [0.3, 0.4) is 0 Å². The summed E-state index contributed by atoms with van der Waals surface area (Å²) in [5.74, 6) is 0.148. The monoisotopic (exact) mass is 283 g/mol. The highest BCUT2D eigenvalue weighted by molar-refractivity contribution is 5.78. The van der Waals surface area contributed by atoms with Gasteiger partial charge in [-0.1, -0.05) is 0 Å². The first-order valence-electron chi connectivity index (χ1n) is 7.79. The van der Waals surface area contributed by atoms with Gasteiger partial charge < -0.3 is 16.0 Å². The van der Waals surface area contributed by atoms with E-state index in [0.717, 1.165) is 65.2 Å². The zero-order valence-electron chi connectivity index (χ0n) is 12.7. The molecule has 0 aliphatic carbocycles. The first kappa shape index (κ1) is 15.7. The predicted molar refractivity (Wildman–Crippen MR) is 80.6 cm³/mol. The number of hydrogen-bond donors (Lipinski definition) is 2. The maximum absolute atomic E-state index is 11.9. The van der Waals surface area contributed by atoms with E-state index in [1.54, 1.807) is 0 Å². The molecule has 6 nitrogen and oxygen atoms in total. The van der Waals surface area contributed by atoms with E-state index in [1.165, 1.54) is 0 Å². The van der Waals surface area contributed by atoms with Crippen molar-refractivity contribution < 1.29 is 4.79 Å². The van der Waals surface area contributed by atoms with Crippen molar-refractivity contribution in [3.63, 3.8) is 0 Å². The Bertz CT molecular complexity index is 296. The van der Waals surface area contributed by atoms with Gasteiger partial charge in [-0.15, -0.1) is 0 Å². The van der Waals surface area contributed by atoms with Crippen LogP contribution in [0.25, 0.3) is 0 Å². The quantitative estimate of drug-likeness (QED) is 0.662. The molecule has 2 aliphatic rings. The average Bonchev–Trinajstić information content (AvgIpc) is 2.44. The number of nitrogens with two attached hydrogens (primary N) is 1. The smallest absolute Gasteiger partial charge is 0.234 e. The Labute approximate surface area is 122 Å².